The Balaban J connectivity index is 2.37. The first kappa shape index (κ1) is 11.9. The molecule has 5 heteroatoms. The fourth-order valence-corrected chi connectivity index (χ4v) is 1.70. The number of nitrogens with two attached hydrogens (primary N) is 1. The van der Waals surface area contributed by atoms with Crippen LogP contribution in [0, 0.1) is 0 Å². The van der Waals surface area contributed by atoms with Crippen molar-refractivity contribution < 1.29 is 14.7 Å². The summed E-state index contributed by atoms with van der Waals surface area (Å²) in [7, 11) is 1.59. The van der Waals surface area contributed by atoms with Gasteiger partial charge < -0.3 is 15.4 Å². The Labute approximate surface area is 103 Å². The van der Waals surface area contributed by atoms with Crippen LogP contribution in [0.3, 0.4) is 0 Å². The van der Waals surface area contributed by atoms with Gasteiger partial charge in [0.05, 0.1) is 0 Å². The number of anilines is 1. The second-order valence-corrected chi connectivity index (χ2v) is 3.98. The van der Waals surface area contributed by atoms with Gasteiger partial charge in [-0.2, -0.15) is 0 Å². The third-order valence-corrected chi connectivity index (χ3v) is 2.66. The number of nitrogens with zero attached hydrogens (tertiary/aromatic N) is 1. The first-order valence-corrected chi connectivity index (χ1v) is 5.29. The largest absolute Gasteiger partial charge is 0.477 e. The molecule has 0 aliphatic carbocycles. The van der Waals surface area contributed by atoms with Crippen LogP contribution >= 0.6 is 0 Å². The fraction of sp³-hybridized carbons (Fsp3) is 0.0769. The van der Waals surface area contributed by atoms with E-state index in [1.54, 1.807) is 31.3 Å². The molecule has 92 valence electrons. The molecule has 18 heavy (non-hydrogen) atoms. The molecule has 0 radical (unpaired) electrons. The topological polar surface area (TPSA) is 85.3 Å². The molecule has 0 aliphatic heterocycles. The number of aromatic carboxylic acids is 1. The zero-order valence-electron chi connectivity index (χ0n) is 9.75. The second-order valence-electron chi connectivity index (χ2n) is 3.98. The van der Waals surface area contributed by atoms with Crippen molar-refractivity contribution in [2.45, 2.75) is 0 Å². The van der Waals surface area contributed by atoms with E-state index in [9.17, 15) is 9.59 Å². The molecule has 2 rings (SSSR count). The first-order valence-electron chi connectivity index (χ1n) is 5.29. The summed E-state index contributed by atoms with van der Waals surface area (Å²) >= 11 is 0. The van der Waals surface area contributed by atoms with Gasteiger partial charge in [0.1, 0.15) is 5.69 Å². The van der Waals surface area contributed by atoms with Gasteiger partial charge in [-0.25, -0.2) is 4.79 Å². The molecule has 2 aromatic rings. The maximum atomic E-state index is 12.1. The summed E-state index contributed by atoms with van der Waals surface area (Å²) < 4.78 is 1.41. The van der Waals surface area contributed by atoms with E-state index in [-0.39, 0.29) is 11.5 Å². The molecule has 0 saturated heterocycles. The maximum Gasteiger partial charge on any atom is 0.352 e. The minimum atomic E-state index is -1.06. The second kappa shape index (κ2) is 4.37. The molecule has 0 aliphatic rings. The lowest BCUT2D eigenvalue weighted by Crippen LogP contribution is -2.02. The number of benzene rings is 1. The van der Waals surface area contributed by atoms with Gasteiger partial charge in [0.25, 0.3) is 0 Å². The number of aromatic nitrogens is 1. The number of hydrogen-bond donors (Lipinski definition) is 2. The van der Waals surface area contributed by atoms with E-state index in [1.807, 2.05) is 0 Å². The molecule has 0 amide bonds. The average Bonchev–Trinajstić information content (AvgIpc) is 2.71. The highest BCUT2D eigenvalue weighted by atomic mass is 16.4. The average molecular weight is 244 g/mol. The molecule has 1 aromatic carbocycles. The third kappa shape index (κ3) is 2.10. The molecule has 3 N–H and O–H groups in total. The summed E-state index contributed by atoms with van der Waals surface area (Å²) in [5.41, 5.74) is 7.02. The zero-order valence-corrected chi connectivity index (χ0v) is 9.75. The Morgan fingerprint density at radius 2 is 1.78 bits per heavy atom. The van der Waals surface area contributed by atoms with Crippen molar-refractivity contribution in [1.29, 1.82) is 0 Å². The molecule has 0 fully saturated rings. The smallest absolute Gasteiger partial charge is 0.352 e. The number of carbonyl (C=O) groups is 2. The predicted molar refractivity (Wildman–Crippen MR) is 66.7 cm³/mol. The van der Waals surface area contributed by atoms with Crippen molar-refractivity contribution in [3.05, 3.63) is 53.3 Å². The van der Waals surface area contributed by atoms with Crippen LogP contribution in [-0.4, -0.2) is 21.4 Å². The monoisotopic (exact) mass is 244 g/mol. The summed E-state index contributed by atoms with van der Waals surface area (Å²) in [6, 6.07) is 7.86. The van der Waals surface area contributed by atoms with Crippen molar-refractivity contribution in [2.75, 3.05) is 5.73 Å². The lowest BCUT2D eigenvalue weighted by Gasteiger charge is -1.98. The molecule has 5 nitrogen and oxygen atoms in total. The Morgan fingerprint density at radius 1 is 1.17 bits per heavy atom. The normalized spacial score (nSPS) is 10.3. The minimum absolute atomic E-state index is 0.0776. The van der Waals surface area contributed by atoms with Crippen LogP contribution in [0.2, 0.25) is 0 Å². The Bertz CT molecular complexity index is 612. The van der Waals surface area contributed by atoms with Crippen LogP contribution < -0.4 is 5.73 Å². The molecule has 0 bridgehead atoms. The summed E-state index contributed by atoms with van der Waals surface area (Å²) in [4.78, 5) is 23.0. The van der Waals surface area contributed by atoms with E-state index in [0.29, 0.717) is 16.8 Å². The van der Waals surface area contributed by atoms with Gasteiger partial charge in [-0.1, -0.05) is 0 Å². The summed E-state index contributed by atoms with van der Waals surface area (Å²) in [6.07, 6.45) is 1.50. The lowest BCUT2D eigenvalue weighted by atomic mass is 10.1. The molecule has 0 unspecified atom stereocenters. The lowest BCUT2D eigenvalue weighted by molar-refractivity contribution is 0.0686. The highest BCUT2D eigenvalue weighted by Gasteiger charge is 2.16. The zero-order chi connectivity index (χ0) is 13.3. The summed E-state index contributed by atoms with van der Waals surface area (Å²) in [5, 5.41) is 8.92. The molecule has 1 heterocycles. The highest BCUT2D eigenvalue weighted by molar-refractivity contribution is 6.10. The van der Waals surface area contributed by atoms with Crippen LogP contribution in [0.4, 0.5) is 5.69 Å². The number of carboxylic acid groups (broad SMARTS) is 1. The number of nitrogen functional groups attached to an aromatic ring is 1. The van der Waals surface area contributed by atoms with Gasteiger partial charge in [0, 0.05) is 30.1 Å². The van der Waals surface area contributed by atoms with Gasteiger partial charge >= 0.3 is 5.97 Å². The Morgan fingerprint density at radius 3 is 2.28 bits per heavy atom. The molecular formula is C13H12N2O3. The van der Waals surface area contributed by atoms with Gasteiger partial charge in [-0.15, -0.1) is 0 Å². The molecule has 0 atom stereocenters. The summed E-state index contributed by atoms with van der Waals surface area (Å²) in [6.45, 7) is 0. The molecular weight excluding hydrogens is 232 g/mol. The van der Waals surface area contributed by atoms with E-state index < -0.39 is 5.97 Å². The minimum Gasteiger partial charge on any atom is -0.477 e. The van der Waals surface area contributed by atoms with Crippen LogP contribution in [0.5, 0.6) is 0 Å². The van der Waals surface area contributed by atoms with Crippen molar-refractivity contribution in [3.63, 3.8) is 0 Å². The van der Waals surface area contributed by atoms with Gasteiger partial charge in [0.15, 0.2) is 5.78 Å². The van der Waals surface area contributed by atoms with E-state index in [4.69, 9.17) is 10.8 Å². The number of aryl methyl sites for hydroxylation is 1. The quantitative estimate of drug-likeness (QED) is 0.633. The fourth-order valence-electron chi connectivity index (χ4n) is 1.70. The molecule has 1 aromatic heterocycles. The number of rotatable bonds is 3. The Kier molecular flexibility index (Phi) is 2.89. The highest BCUT2D eigenvalue weighted by Crippen LogP contribution is 2.14. The van der Waals surface area contributed by atoms with Crippen LogP contribution in [0.1, 0.15) is 26.4 Å². The van der Waals surface area contributed by atoms with E-state index >= 15 is 0 Å². The third-order valence-electron chi connectivity index (χ3n) is 2.66. The number of ketones is 1. The molecule has 0 saturated carbocycles. The van der Waals surface area contributed by atoms with Crippen molar-refractivity contribution in [2.24, 2.45) is 7.05 Å². The van der Waals surface area contributed by atoms with E-state index in [2.05, 4.69) is 0 Å². The van der Waals surface area contributed by atoms with Crippen LogP contribution in [0.15, 0.2) is 36.5 Å². The van der Waals surface area contributed by atoms with E-state index in [1.165, 1.54) is 16.8 Å². The molecule has 0 spiro atoms. The van der Waals surface area contributed by atoms with Gasteiger partial charge in [-0.3, -0.25) is 4.79 Å². The summed E-state index contributed by atoms with van der Waals surface area (Å²) in [5.74, 6) is -1.29. The number of hydrogen-bond acceptors (Lipinski definition) is 3. The van der Waals surface area contributed by atoms with E-state index in [0.717, 1.165) is 0 Å². The predicted octanol–water partition coefficient (Wildman–Crippen LogP) is 1.54. The van der Waals surface area contributed by atoms with Crippen LogP contribution in [0.25, 0.3) is 0 Å². The van der Waals surface area contributed by atoms with Crippen LogP contribution in [-0.2, 0) is 7.05 Å². The van der Waals surface area contributed by atoms with Crippen molar-refractivity contribution >= 4 is 17.4 Å². The number of carbonyl (C=O) groups excluding carboxylic acids is 1. The van der Waals surface area contributed by atoms with Gasteiger partial charge in [0.2, 0.25) is 0 Å². The van der Waals surface area contributed by atoms with Gasteiger partial charge in [-0.05, 0) is 30.3 Å². The standard InChI is InChI=1S/C13H12N2O3/c1-15-7-9(6-11(15)13(17)18)12(16)8-2-4-10(14)5-3-8/h2-7H,14H2,1H3,(H,17,18). The SMILES string of the molecule is Cn1cc(C(=O)c2ccc(N)cc2)cc1C(=O)O. The van der Waals surface area contributed by atoms with Crippen molar-refractivity contribution in [3.8, 4) is 0 Å². The number of carboxylic acids is 1. The van der Waals surface area contributed by atoms with Crippen molar-refractivity contribution in [1.82, 2.24) is 4.57 Å². The Hall–Kier alpha value is -2.56. The maximum absolute atomic E-state index is 12.1. The first-order chi connectivity index (χ1) is 8.49.